The number of carbonyl (C=O) groups is 2. The van der Waals surface area contributed by atoms with E-state index in [1.807, 2.05) is 68.4 Å². The molecular formula is C24H27N3O3. The van der Waals surface area contributed by atoms with Gasteiger partial charge in [0, 0.05) is 5.69 Å². The van der Waals surface area contributed by atoms with Crippen LogP contribution >= 0.6 is 0 Å². The smallest absolute Gasteiger partial charge is 0.308 e. The molecule has 2 aromatic carbocycles. The van der Waals surface area contributed by atoms with Crippen LogP contribution in [0, 0.1) is 13.8 Å². The number of hydrogen-bond donors (Lipinski definition) is 1. The number of benzene rings is 2. The maximum atomic E-state index is 13.0. The maximum Gasteiger partial charge on any atom is 0.308 e. The predicted molar refractivity (Wildman–Crippen MR) is 116 cm³/mol. The van der Waals surface area contributed by atoms with Gasteiger partial charge in [0.2, 0.25) is 0 Å². The Morgan fingerprint density at radius 2 is 1.70 bits per heavy atom. The SMILES string of the molecule is Cc1ccc(C(CC(=O)OC(C)C)NC(=O)c2cc(C)n(-c3ccccc3)n2)cc1. The maximum absolute atomic E-state index is 13.0. The molecule has 156 valence electrons. The number of amides is 1. The van der Waals surface area contributed by atoms with Gasteiger partial charge in [-0.1, -0.05) is 48.0 Å². The Kier molecular flexibility index (Phi) is 6.67. The van der Waals surface area contributed by atoms with Crippen LogP contribution in [0.3, 0.4) is 0 Å². The highest BCUT2D eigenvalue weighted by Crippen LogP contribution is 2.20. The largest absolute Gasteiger partial charge is 0.463 e. The molecule has 0 aliphatic rings. The number of nitrogens with zero attached hydrogens (tertiary/aromatic N) is 2. The highest BCUT2D eigenvalue weighted by Gasteiger charge is 2.22. The van der Waals surface area contributed by atoms with Crippen LogP contribution in [0.4, 0.5) is 0 Å². The van der Waals surface area contributed by atoms with E-state index in [0.29, 0.717) is 5.69 Å². The van der Waals surface area contributed by atoms with Crippen LogP contribution in [-0.2, 0) is 9.53 Å². The lowest BCUT2D eigenvalue weighted by Gasteiger charge is -2.19. The molecule has 1 unspecified atom stereocenters. The van der Waals surface area contributed by atoms with E-state index in [0.717, 1.165) is 22.5 Å². The topological polar surface area (TPSA) is 73.2 Å². The van der Waals surface area contributed by atoms with Crippen LogP contribution in [0.1, 0.15) is 53.6 Å². The molecule has 1 heterocycles. The molecule has 30 heavy (non-hydrogen) atoms. The third-order valence-corrected chi connectivity index (χ3v) is 4.64. The van der Waals surface area contributed by atoms with Gasteiger partial charge >= 0.3 is 5.97 Å². The molecule has 1 atom stereocenters. The van der Waals surface area contributed by atoms with E-state index in [2.05, 4.69) is 10.4 Å². The monoisotopic (exact) mass is 405 g/mol. The molecule has 0 aliphatic carbocycles. The van der Waals surface area contributed by atoms with E-state index in [1.54, 1.807) is 24.6 Å². The number of aromatic nitrogens is 2. The number of ether oxygens (including phenoxy) is 1. The second kappa shape index (κ2) is 9.39. The zero-order chi connectivity index (χ0) is 21.7. The Balaban J connectivity index is 1.82. The van der Waals surface area contributed by atoms with E-state index in [-0.39, 0.29) is 24.4 Å². The fourth-order valence-corrected chi connectivity index (χ4v) is 3.18. The third kappa shape index (κ3) is 5.35. The van der Waals surface area contributed by atoms with Crippen LogP contribution in [0.25, 0.3) is 5.69 Å². The summed E-state index contributed by atoms with van der Waals surface area (Å²) in [6, 6.07) is 18.6. The van der Waals surface area contributed by atoms with Crippen molar-refractivity contribution in [2.75, 3.05) is 0 Å². The van der Waals surface area contributed by atoms with Crippen molar-refractivity contribution in [2.24, 2.45) is 0 Å². The minimum Gasteiger partial charge on any atom is -0.463 e. The van der Waals surface area contributed by atoms with Crippen molar-refractivity contribution in [1.29, 1.82) is 0 Å². The fraction of sp³-hybridized carbons (Fsp3) is 0.292. The Bertz CT molecular complexity index is 1010. The van der Waals surface area contributed by atoms with Gasteiger partial charge in [-0.3, -0.25) is 9.59 Å². The van der Waals surface area contributed by atoms with Crippen molar-refractivity contribution in [3.8, 4) is 5.69 Å². The van der Waals surface area contributed by atoms with Gasteiger partial charge in [-0.2, -0.15) is 5.10 Å². The van der Waals surface area contributed by atoms with Crippen molar-refractivity contribution in [3.05, 3.63) is 83.2 Å². The number of para-hydroxylation sites is 1. The molecular weight excluding hydrogens is 378 g/mol. The lowest BCUT2D eigenvalue weighted by Crippen LogP contribution is -2.31. The van der Waals surface area contributed by atoms with Crippen molar-refractivity contribution < 1.29 is 14.3 Å². The normalized spacial score (nSPS) is 11.9. The molecule has 1 N–H and O–H groups in total. The highest BCUT2D eigenvalue weighted by atomic mass is 16.5. The number of aryl methyl sites for hydroxylation is 2. The van der Waals surface area contributed by atoms with Crippen molar-refractivity contribution in [2.45, 2.75) is 46.3 Å². The molecule has 0 aliphatic heterocycles. The number of rotatable bonds is 7. The Morgan fingerprint density at radius 3 is 2.33 bits per heavy atom. The van der Waals surface area contributed by atoms with Crippen LogP contribution in [-0.4, -0.2) is 27.8 Å². The number of hydrogen-bond acceptors (Lipinski definition) is 4. The van der Waals surface area contributed by atoms with E-state index >= 15 is 0 Å². The first-order chi connectivity index (χ1) is 14.3. The molecule has 3 aromatic rings. The molecule has 0 bridgehead atoms. The predicted octanol–water partition coefficient (Wildman–Crippen LogP) is 4.30. The lowest BCUT2D eigenvalue weighted by molar-refractivity contribution is -0.147. The molecule has 0 saturated carbocycles. The van der Waals surface area contributed by atoms with Crippen molar-refractivity contribution in [3.63, 3.8) is 0 Å². The van der Waals surface area contributed by atoms with Crippen LogP contribution in [0.5, 0.6) is 0 Å². The van der Waals surface area contributed by atoms with Gasteiger partial charge in [0.15, 0.2) is 5.69 Å². The molecule has 1 amide bonds. The number of carbonyl (C=O) groups excluding carboxylic acids is 2. The summed E-state index contributed by atoms with van der Waals surface area (Å²) in [5.41, 5.74) is 3.97. The van der Waals surface area contributed by atoms with Gasteiger partial charge < -0.3 is 10.1 Å². The minimum atomic E-state index is -0.508. The van der Waals surface area contributed by atoms with E-state index < -0.39 is 6.04 Å². The lowest BCUT2D eigenvalue weighted by atomic mass is 10.0. The van der Waals surface area contributed by atoms with Crippen LogP contribution in [0.2, 0.25) is 0 Å². The molecule has 0 radical (unpaired) electrons. The highest BCUT2D eigenvalue weighted by molar-refractivity contribution is 5.93. The summed E-state index contributed by atoms with van der Waals surface area (Å²) in [4.78, 5) is 25.2. The summed E-state index contributed by atoms with van der Waals surface area (Å²) < 4.78 is 7.01. The summed E-state index contributed by atoms with van der Waals surface area (Å²) in [5, 5.41) is 7.41. The molecule has 6 nitrogen and oxygen atoms in total. The van der Waals surface area contributed by atoms with E-state index in [9.17, 15) is 9.59 Å². The first kappa shape index (κ1) is 21.3. The van der Waals surface area contributed by atoms with Gasteiger partial charge in [-0.25, -0.2) is 4.68 Å². The summed E-state index contributed by atoms with van der Waals surface area (Å²) in [5.74, 6) is -0.697. The Labute approximate surface area is 176 Å². The minimum absolute atomic E-state index is 0.0470. The number of nitrogens with one attached hydrogen (secondary N) is 1. The van der Waals surface area contributed by atoms with Crippen molar-refractivity contribution >= 4 is 11.9 Å². The molecule has 0 fully saturated rings. The molecule has 0 saturated heterocycles. The summed E-state index contributed by atoms with van der Waals surface area (Å²) in [7, 11) is 0. The molecule has 6 heteroatoms. The fourth-order valence-electron chi connectivity index (χ4n) is 3.18. The third-order valence-electron chi connectivity index (χ3n) is 4.64. The second-order valence-corrected chi connectivity index (χ2v) is 7.60. The van der Waals surface area contributed by atoms with Gasteiger partial charge in [0.25, 0.3) is 5.91 Å². The van der Waals surface area contributed by atoms with Crippen LogP contribution in [0.15, 0.2) is 60.7 Å². The second-order valence-electron chi connectivity index (χ2n) is 7.60. The first-order valence-corrected chi connectivity index (χ1v) is 10.0. The quantitative estimate of drug-likeness (QED) is 0.595. The average molecular weight is 405 g/mol. The summed E-state index contributed by atoms with van der Waals surface area (Å²) in [6.07, 6.45) is -0.165. The Hall–Kier alpha value is -3.41. The van der Waals surface area contributed by atoms with E-state index in [1.165, 1.54) is 0 Å². The first-order valence-electron chi connectivity index (χ1n) is 10.0. The van der Waals surface area contributed by atoms with Crippen molar-refractivity contribution in [1.82, 2.24) is 15.1 Å². The summed E-state index contributed by atoms with van der Waals surface area (Å²) in [6.45, 7) is 7.49. The molecule has 3 rings (SSSR count). The van der Waals surface area contributed by atoms with Crippen LogP contribution < -0.4 is 5.32 Å². The molecule has 1 aromatic heterocycles. The van der Waals surface area contributed by atoms with Gasteiger partial charge in [-0.05, 0) is 51.5 Å². The van der Waals surface area contributed by atoms with Gasteiger partial charge in [-0.15, -0.1) is 0 Å². The molecule has 0 spiro atoms. The Morgan fingerprint density at radius 1 is 1.03 bits per heavy atom. The van der Waals surface area contributed by atoms with Gasteiger partial charge in [0.05, 0.1) is 24.3 Å². The summed E-state index contributed by atoms with van der Waals surface area (Å²) >= 11 is 0. The number of esters is 1. The van der Waals surface area contributed by atoms with E-state index in [4.69, 9.17) is 4.74 Å². The average Bonchev–Trinajstić information content (AvgIpc) is 3.10. The van der Waals surface area contributed by atoms with Gasteiger partial charge in [0.1, 0.15) is 0 Å². The zero-order valence-electron chi connectivity index (χ0n) is 17.8. The zero-order valence-corrected chi connectivity index (χ0v) is 17.8. The standard InChI is InChI=1S/C24H27N3O3/c1-16(2)30-23(28)15-21(19-12-10-17(3)11-13-19)25-24(29)22-14-18(4)27(26-22)20-8-6-5-7-9-20/h5-14,16,21H,15H2,1-4H3,(H,25,29).